The third-order valence-electron chi connectivity index (χ3n) is 3.02. The summed E-state index contributed by atoms with van der Waals surface area (Å²) in [5, 5.41) is 8.60. The molecule has 0 saturated heterocycles. The van der Waals surface area contributed by atoms with Crippen LogP contribution in [0.25, 0.3) is 0 Å². The first-order chi connectivity index (χ1) is 10.2. The van der Waals surface area contributed by atoms with Gasteiger partial charge in [0.15, 0.2) is 5.96 Å². The average molecular weight is 439 g/mol. The summed E-state index contributed by atoms with van der Waals surface area (Å²) in [6, 6.07) is 2.11. The molecule has 5 nitrogen and oxygen atoms in total. The monoisotopic (exact) mass is 439 g/mol. The molecule has 0 amide bonds. The molecule has 1 heterocycles. The molecule has 0 radical (unpaired) electrons. The van der Waals surface area contributed by atoms with E-state index in [1.807, 2.05) is 6.92 Å². The molecule has 0 aromatic carbocycles. The van der Waals surface area contributed by atoms with Gasteiger partial charge in [0.1, 0.15) is 0 Å². The fourth-order valence-corrected chi connectivity index (χ4v) is 2.59. The number of nitrogens with zero attached hydrogens (tertiary/aromatic N) is 1. The van der Waals surface area contributed by atoms with Gasteiger partial charge in [-0.2, -0.15) is 0 Å². The molecule has 2 N–H and O–H groups in total. The fraction of sp³-hybridized carbons (Fsp3) is 0.600. The van der Waals surface area contributed by atoms with E-state index in [1.165, 1.54) is 17.6 Å². The van der Waals surface area contributed by atoms with Gasteiger partial charge < -0.3 is 15.4 Å². The van der Waals surface area contributed by atoms with Crippen LogP contribution in [0.15, 0.2) is 16.4 Å². The number of methoxy groups -OCH3 is 1. The number of esters is 1. The number of unbranched alkanes of at least 4 members (excludes halogenated alkanes) is 1. The van der Waals surface area contributed by atoms with Gasteiger partial charge in [-0.1, -0.05) is 0 Å². The molecule has 0 unspecified atom stereocenters. The van der Waals surface area contributed by atoms with Gasteiger partial charge in [-0.15, -0.1) is 35.3 Å². The largest absolute Gasteiger partial charge is 0.469 e. The van der Waals surface area contributed by atoms with Crippen LogP contribution in [-0.2, 0) is 16.1 Å². The van der Waals surface area contributed by atoms with E-state index in [1.54, 1.807) is 11.3 Å². The number of aliphatic imine (C=N–C) groups is 1. The molecular formula is C15H26IN3O2S. The van der Waals surface area contributed by atoms with Gasteiger partial charge in [-0.05, 0) is 43.7 Å². The lowest BCUT2D eigenvalue weighted by molar-refractivity contribution is -0.140. The van der Waals surface area contributed by atoms with Crippen LogP contribution >= 0.6 is 35.3 Å². The lowest BCUT2D eigenvalue weighted by Crippen LogP contribution is -2.37. The van der Waals surface area contributed by atoms with Crippen molar-refractivity contribution in [2.75, 3.05) is 20.2 Å². The summed E-state index contributed by atoms with van der Waals surface area (Å²) in [6.07, 6.45) is 2.21. The third kappa shape index (κ3) is 8.57. The van der Waals surface area contributed by atoms with Crippen LogP contribution in [0.1, 0.15) is 36.6 Å². The van der Waals surface area contributed by atoms with Gasteiger partial charge in [0.2, 0.25) is 0 Å². The molecule has 1 rings (SSSR count). The standard InChI is InChI=1S/C15H25N3O2S.HI/c1-4-16-15(17-9-6-5-7-14(19)20-3)18-11-13-12(2)8-10-21-13;/h8,10H,4-7,9,11H2,1-3H3,(H2,16,17,18);1H. The number of guanidine groups is 1. The summed E-state index contributed by atoms with van der Waals surface area (Å²) in [4.78, 5) is 16.9. The highest BCUT2D eigenvalue weighted by atomic mass is 127. The van der Waals surface area contributed by atoms with Gasteiger partial charge in [0, 0.05) is 24.4 Å². The molecular weight excluding hydrogens is 413 g/mol. The van der Waals surface area contributed by atoms with Crippen LogP contribution in [0, 0.1) is 6.92 Å². The smallest absolute Gasteiger partial charge is 0.305 e. The lowest BCUT2D eigenvalue weighted by Gasteiger charge is -2.11. The van der Waals surface area contributed by atoms with Gasteiger partial charge in [0.05, 0.1) is 13.7 Å². The minimum absolute atomic E-state index is 0. The van der Waals surface area contributed by atoms with Gasteiger partial charge in [-0.3, -0.25) is 4.79 Å². The summed E-state index contributed by atoms with van der Waals surface area (Å²) in [6.45, 7) is 6.48. The van der Waals surface area contributed by atoms with Crippen molar-refractivity contribution in [2.24, 2.45) is 4.99 Å². The molecule has 0 aliphatic heterocycles. The molecule has 0 bridgehead atoms. The summed E-state index contributed by atoms with van der Waals surface area (Å²) >= 11 is 1.73. The van der Waals surface area contributed by atoms with Crippen molar-refractivity contribution in [1.82, 2.24) is 10.6 Å². The number of ether oxygens (including phenoxy) is 1. The van der Waals surface area contributed by atoms with E-state index in [0.717, 1.165) is 31.9 Å². The van der Waals surface area contributed by atoms with E-state index in [4.69, 9.17) is 0 Å². The summed E-state index contributed by atoms with van der Waals surface area (Å²) < 4.78 is 4.61. The molecule has 0 spiro atoms. The number of thiophene rings is 1. The Morgan fingerprint density at radius 3 is 2.73 bits per heavy atom. The summed E-state index contributed by atoms with van der Waals surface area (Å²) in [7, 11) is 1.42. The van der Waals surface area contributed by atoms with Gasteiger partial charge in [-0.25, -0.2) is 4.99 Å². The number of carbonyl (C=O) groups is 1. The van der Waals surface area contributed by atoms with E-state index in [-0.39, 0.29) is 29.9 Å². The Morgan fingerprint density at radius 2 is 2.14 bits per heavy atom. The predicted octanol–water partition coefficient (Wildman–Crippen LogP) is 3.07. The van der Waals surface area contributed by atoms with E-state index in [9.17, 15) is 4.79 Å². The number of aryl methyl sites for hydroxylation is 1. The number of carbonyl (C=O) groups excluding carboxylic acids is 1. The van der Waals surface area contributed by atoms with Crippen LogP contribution in [0.2, 0.25) is 0 Å². The van der Waals surface area contributed by atoms with Crippen LogP contribution in [-0.4, -0.2) is 32.1 Å². The maximum atomic E-state index is 11.0. The van der Waals surface area contributed by atoms with Crippen molar-refractivity contribution in [3.63, 3.8) is 0 Å². The second-order valence-corrected chi connectivity index (χ2v) is 5.68. The lowest BCUT2D eigenvalue weighted by atomic mass is 10.2. The number of halogens is 1. The summed E-state index contributed by atoms with van der Waals surface area (Å²) in [5.74, 6) is 0.673. The van der Waals surface area contributed by atoms with Gasteiger partial charge >= 0.3 is 5.97 Å². The Labute approximate surface area is 154 Å². The maximum Gasteiger partial charge on any atom is 0.305 e. The molecule has 1 aromatic heterocycles. The Kier molecular flexibility index (Phi) is 12.2. The van der Waals surface area contributed by atoms with Gasteiger partial charge in [0.25, 0.3) is 0 Å². The molecule has 7 heteroatoms. The Bertz CT molecular complexity index is 463. The zero-order chi connectivity index (χ0) is 15.5. The van der Waals surface area contributed by atoms with E-state index in [0.29, 0.717) is 13.0 Å². The zero-order valence-corrected chi connectivity index (χ0v) is 16.6. The number of hydrogen-bond acceptors (Lipinski definition) is 4. The number of hydrogen-bond donors (Lipinski definition) is 2. The van der Waals surface area contributed by atoms with Crippen LogP contribution < -0.4 is 10.6 Å². The van der Waals surface area contributed by atoms with Crippen LogP contribution in [0.3, 0.4) is 0 Å². The molecule has 0 atom stereocenters. The fourth-order valence-electron chi connectivity index (χ4n) is 1.76. The molecule has 0 saturated carbocycles. The van der Waals surface area contributed by atoms with E-state index in [2.05, 4.69) is 38.7 Å². The second-order valence-electron chi connectivity index (χ2n) is 4.68. The normalized spacial score (nSPS) is 10.8. The van der Waals surface area contributed by atoms with Crippen LogP contribution in [0.5, 0.6) is 0 Å². The highest BCUT2D eigenvalue weighted by Crippen LogP contribution is 2.16. The zero-order valence-electron chi connectivity index (χ0n) is 13.5. The Balaban J connectivity index is 0.00000441. The molecule has 22 heavy (non-hydrogen) atoms. The number of nitrogens with one attached hydrogen (secondary N) is 2. The minimum Gasteiger partial charge on any atom is -0.469 e. The maximum absolute atomic E-state index is 11.0. The van der Waals surface area contributed by atoms with Crippen molar-refractivity contribution in [2.45, 2.75) is 39.7 Å². The van der Waals surface area contributed by atoms with E-state index >= 15 is 0 Å². The Morgan fingerprint density at radius 1 is 1.36 bits per heavy atom. The molecule has 1 aromatic rings. The second kappa shape index (κ2) is 12.7. The summed E-state index contributed by atoms with van der Waals surface area (Å²) in [5.41, 5.74) is 1.29. The van der Waals surface area contributed by atoms with E-state index < -0.39 is 0 Å². The Hall–Kier alpha value is -0.830. The van der Waals surface area contributed by atoms with Crippen molar-refractivity contribution >= 4 is 47.2 Å². The molecule has 0 aliphatic rings. The average Bonchev–Trinajstić information content (AvgIpc) is 2.89. The first-order valence-corrected chi connectivity index (χ1v) is 8.17. The quantitative estimate of drug-likeness (QED) is 0.215. The first-order valence-electron chi connectivity index (χ1n) is 7.29. The number of rotatable bonds is 8. The SMILES string of the molecule is CCNC(=NCc1sccc1C)NCCCCC(=O)OC.I. The minimum atomic E-state index is -0.149. The van der Waals surface area contributed by atoms with Crippen molar-refractivity contribution in [1.29, 1.82) is 0 Å². The van der Waals surface area contributed by atoms with Crippen LogP contribution in [0.4, 0.5) is 0 Å². The molecule has 0 fully saturated rings. The topological polar surface area (TPSA) is 62.7 Å². The van der Waals surface area contributed by atoms with Crippen molar-refractivity contribution in [3.05, 3.63) is 21.9 Å². The predicted molar refractivity (Wildman–Crippen MR) is 103 cm³/mol. The first kappa shape index (κ1) is 21.2. The van der Waals surface area contributed by atoms with Crippen molar-refractivity contribution < 1.29 is 9.53 Å². The molecule has 0 aliphatic carbocycles. The molecule has 126 valence electrons. The highest BCUT2D eigenvalue weighted by molar-refractivity contribution is 14.0. The van der Waals surface area contributed by atoms with Crippen molar-refractivity contribution in [3.8, 4) is 0 Å². The highest BCUT2D eigenvalue weighted by Gasteiger charge is 2.02. The third-order valence-corrected chi connectivity index (χ3v) is 4.03.